The summed E-state index contributed by atoms with van der Waals surface area (Å²) in [5, 5.41) is 6.09. The molecule has 0 bridgehead atoms. The Labute approximate surface area is 136 Å². The molecule has 2 rings (SSSR count). The van der Waals surface area contributed by atoms with Crippen LogP contribution in [-0.4, -0.2) is 50.1 Å². The second-order valence-electron chi connectivity index (χ2n) is 5.35. The molecule has 0 spiro atoms. The average molecular weight is 314 g/mol. The molecule has 0 fully saturated rings. The molecule has 122 valence electrons. The van der Waals surface area contributed by atoms with Gasteiger partial charge in [0.1, 0.15) is 11.4 Å². The van der Waals surface area contributed by atoms with Crippen LogP contribution in [0.2, 0.25) is 0 Å². The van der Waals surface area contributed by atoms with E-state index in [4.69, 9.17) is 4.74 Å². The fourth-order valence-corrected chi connectivity index (χ4v) is 1.98. The number of hydrogen-bond donors (Lipinski definition) is 2. The van der Waals surface area contributed by atoms with Gasteiger partial charge in [0.25, 0.3) is 5.91 Å². The summed E-state index contributed by atoms with van der Waals surface area (Å²) < 4.78 is 5.20. The van der Waals surface area contributed by atoms with Crippen molar-refractivity contribution in [2.75, 3.05) is 39.6 Å². The van der Waals surface area contributed by atoms with E-state index in [0.717, 1.165) is 23.7 Å². The number of nitrogens with zero attached hydrogens (tertiary/aromatic N) is 2. The third-order valence-corrected chi connectivity index (χ3v) is 3.20. The second-order valence-corrected chi connectivity index (χ2v) is 5.35. The number of benzene rings is 1. The number of anilines is 2. The summed E-state index contributed by atoms with van der Waals surface area (Å²) in [4.78, 5) is 18.2. The highest BCUT2D eigenvalue weighted by Crippen LogP contribution is 2.21. The van der Waals surface area contributed by atoms with Crippen molar-refractivity contribution in [3.05, 3.63) is 48.3 Å². The molecule has 1 aromatic heterocycles. The van der Waals surface area contributed by atoms with Crippen LogP contribution < -0.4 is 15.4 Å². The van der Waals surface area contributed by atoms with E-state index in [9.17, 15) is 4.79 Å². The predicted molar refractivity (Wildman–Crippen MR) is 91.4 cm³/mol. The van der Waals surface area contributed by atoms with E-state index < -0.39 is 0 Å². The van der Waals surface area contributed by atoms with Gasteiger partial charge in [0, 0.05) is 36.7 Å². The fourth-order valence-electron chi connectivity index (χ4n) is 1.98. The standard InChI is InChI=1S/C17H22N4O2/c1-21(2)10-9-19-17(22)16-12-14(7-8-18-16)20-13-5-4-6-15(11-13)23-3/h4-8,11-12H,9-10H2,1-3H3,(H,18,20)(H,19,22). The number of carbonyl (C=O) groups excluding carboxylic acids is 1. The van der Waals surface area contributed by atoms with Crippen LogP contribution in [0.4, 0.5) is 11.4 Å². The maximum atomic E-state index is 12.1. The Balaban J connectivity index is 2.02. The minimum absolute atomic E-state index is 0.179. The molecular weight excluding hydrogens is 292 g/mol. The van der Waals surface area contributed by atoms with Crippen molar-refractivity contribution in [1.82, 2.24) is 15.2 Å². The van der Waals surface area contributed by atoms with E-state index in [2.05, 4.69) is 15.6 Å². The van der Waals surface area contributed by atoms with Gasteiger partial charge in [-0.3, -0.25) is 9.78 Å². The lowest BCUT2D eigenvalue weighted by Crippen LogP contribution is -2.31. The third kappa shape index (κ3) is 5.27. The lowest BCUT2D eigenvalue weighted by Gasteiger charge is -2.11. The summed E-state index contributed by atoms with van der Waals surface area (Å²) in [5.41, 5.74) is 2.07. The predicted octanol–water partition coefficient (Wildman–Crippen LogP) is 2.13. The van der Waals surface area contributed by atoms with E-state index in [1.807, 2.05) is 49.3 Å². The molecule has 1 amide bonds. The molecule has 0 aliphatic heterocycles. The average Bonchev–Trinajstić information content (AvgIpc) is 2.55. The molecule has 0 saturated carbocycles. The van der Waals surface area contributed by atoms with E-state index in [1.165, 1.54) is 0 Å². The number of methoxy groups -OCH3 is 1. The van der Waals surface area contributed by atoms with Crippen molar-refractivity contribution in [2.45, 2.75) is 0 Å². The lowest BCUT2D eigenvalue weighted by atomic mass is 10.2. The third-order valence-electron chi connectivity index (χ3n) is 3.20. The Morgan fingerprint density at radius 2 is 2.00 bits per heavy atom. The Bertz CT molecular complexity index is 659. The van der Waals surface area contributed by atoms with Crippen molar-refractivity contribution >= 4 is 17.3 Å². The van der Waals surface area contributed by atoms with E-state index in [1.54, 1.807) is 19.4 Å². The first-order chi connectivity index (χ1) is 11.1. The van der Waals surface area contributed by atoms with Gasteiger partial charge in [-0.25, -0.2) is 0 Å². The van der Waals surface area contributed by atoms with Gasteiger partial charge in [-0.2, -0.15) is 0 Å². The Morgan fingerprint density at radius 1 is 1.22 bits per heavy atom. The molecule has 0 radical (unpaired) electrons. The lowest BCUT2D eigenvalue weighted by molar-refractivity contribution is 0.0946. The highest BCUT2D eigenvalue weighted by molar-refractivity contribution is 5.93. The molecule has 2 N–H and O–H groups in total. The molecule has 0 aliphatic carbocycles. The Kier molecular flexibility index (Phi) is 5.94. The van der Waals surface area contributed by atoms with Crippen LogP contribution in [0.25, 0.3) is 0 Å². The van der Waals surface area contributed by atoms with Gasteiger partial charge in [-0.05, 0) is 38.4 Å². The highest BCUT2D eigenvalue weighted by atomic mass is 16.5. The number of aromatic nitrogens is 1. The molecular formula is C17H22N4O2. The van der Waals surface area contributed by atoms with Crippen molar-refractivity contribution in [3.63, 3.8) is 0 Å². The minimum Gasteiger partial charge on any atom is -0.497 e. The van der Waals surface area contributed by atoms with Crippen molar-refractivity contribution in [3.8, 4) is 5.75 Å². The summed E-state index contributed by atoms with van der Waals surface area (Å²) in [7, 11) is 5.55. The molecule has 0 saturated heterocycles. The van der Waals surface area contributed by atoms with Gasteiger partial charge >= 0.3 is 0 Å². The zero-order chi connectivity index (χ0) is 16.7. The number of nitrogens with one attached hydrogen (secondary N) is 2. The number of hydrogen-bond acceptors (Lipinski definition) is 5. The first-order valence-electron chi connectivity index (χ1n) is 7.38. The topological polar surface area (TPSA) is 66.5 Å². The zero-order valence-corrected chi connectivity index (χ0v) is 13.7. The first kappa shape index (κ1) is 16.8. The van der Waals surface area contributed by atoms with Gasteiger partial charge < -0.3 is 20.3 Å². The van der Waals surface area contributed by atoms with Gasteiger partial charge in [0.2, 0.25) is 0 Å². The molecule has 23 heavy (non-hydrogen) atoms. The highest BCUT2D eigenvalue weighted by Gasteiger charge is 2.08. The Hall–Kier alpha value is -2.60. The molecule has 0 unspecified atom stereocenters. The van der Waals surface area contributed by atoms with E-state index in [0.29, 0.717) is 12.2 Å². The van der Waals surface area contributed by atoms with Crippen LogP contribution >= 0.6 is 0 Å². The van der Waals surface area contributed by atoms with E-state index >= 15 is 0 Å². The summed E-state index contributed by atoms with van der Waals surface area (Å²) in [6.07, 6.45) is 1.61. The van der Waals surface area contributed by atoms with Crippen molar-refractivity contribution < 1.29 is 9.53 Å². The molecule has 6 heteroatoms. The van der Waals surface area contributed by atoms with Crippen LogP contribution in [0.15, 0.2) is 42.6 Å². The maximum absolute atomic E-state index is 12.1. The summed E-state index contributed by atoms with van der Waals surface area (Å²) >= 11 is 0. The molecule has 0 aliphatic rings. The molecule has 1 heterocycles. The number of likely N-dealkylation sites (N-methyl/N-ethyl adjacent to an activating group) is 1. The van der Waals surface area contributed by atoms with Crippen LogP contribution in [0.5, 0.6) is 5.75 Å². The van der Waals surface area contributed by atoms with Crippen molar-refractivity contribution in [2.24, 2.45) is 0 Å². The van der Waals surface area contributed by atoms with Gasteiger partial charge in [0.05, 0.1) is 7.11 Å². The number of rotatable bonds is 7. The van der Waals surface area contributed by atoms with Crippen LogP contribution in [0, 0.1) is 0 Å². The largest absolute Gasteiger partial charge is 0.497 e. The smallest absolute Gasteiger partial charge is 0.269 e. The van der Waals surface area contributed by atoms with Gasteiger partial charge in [-0.1, -0.05) is 6.07 Å². The Morgan fingerprint density at radius 3 is 2.74 bits per heavy atom. The summed E-state index contributed by atoms with van der Waals surface area (Å²) in [6.45, 7) is 1.37. The summed E-state index contributed by atoms with van der Waals surface area (Å²) in [5.74, 6) is 0.590. The van der Waals surface area contributed by atoms with Crippen LogP contribution in [0.3, 0.4) is 0 Å². The quantitative estimate of drug-likeness (QED) is 0.819. The molecule has 0 atom stereocenters. The number of pyridine rings is 1. The second kappa shape index (κ2) is 8.14. The normalized spacial score (nSPS) is 10.4. The van der Waals surface area contributed by atoms with Crippen LogP contribution in [-0.2, 0) is 0 Å². The maximum Gasteiger partial charge on any atom is 0.269 e. The minimum atomic E-state index is -0.179. The van der Waals surface area contributed by atoms with E-state index in [-0.39, 0.29) is 5.91 Å². The number of ether oxygens (including phenoxy) is 1. The monoisotopic (exact) mass is 314 g/mol. The SMILES string of the molecule is COc1cccc(Nc2ccnc(C(=O)NCCN(C)C)c2)c1. The molecule has 1 aromatic carbocycles. The van der Waals surface area contributed by atoms with Gasteiger partial charge in [0.15, 0.2) is 0 Å². The zero-order valence-electron chi connectivity index (χ0n) is 13.7. The van der Waals surface area contributed by atoms with Crippen molar-refractivity contribution in [1.29, 1.82) is 0 Å². The summed E-state index contributed by atoms with van der Waals surface area (Å²) in [6, 6.07) is 11.1. The first-order valence-corrected chi connectivity index (χ1v) is 7.38. The molecule has 2 aromatic rings. The van der Waals surface area contributed by atoms with Gasteiger partial charge in [-0.15, -0.1) is 0 Å². The number of carbonyl (C=O) groups is 1. The molecule has 6 nitrogen and oxygen atoms in total. The number of amides is 1. The fraction of sp³-hybridized carbons (Fsp3) is 0.294. The van der Waals surface area contributed by atoms with Crippen LogP contribution in [0.1, 0.15) is 10.5 Å².